The predicted octanol–water partition coefficient (Wildman–Crippen LogP) is -0.142. The summed E-state index contributed by atoms with van der Waals surface area (Å²) in [7, 11) is 1.65. The summed E-state index contributed by atoms with van der Waals surface area (Å²) in [5, 5.41) is 3.06. The second-order valence-electron chi connectivity index (χ2n) is 4.23. The first-order chi connectivity index (χ1) is 7.63. The van der Waals surface area contributed by atoms with Crippen LogP contribution < -0.4 is 5.32 Å². The molecule has 0 bridgehead atoms. The van der Waals surface area contributed by atoms with Crippen molar-refractivity contribution < 1.29 is 14.3 Å². The van der Waals surface area contributed by atoms with Gasteiger partial charge in [-0.2, -0.15) is 0 Å². The maximum atomic E-state index is 11.8. The van der Waals surface area contributed by atoms with Crippen LogP contribution in [0.1, 0.15) is 13.8 Å². The van der Waals surface area contributed by atoms with Crippen molar-refractivity contribution in [3.63, 3.8) is 0 Å². The Morgan fingerprint density at radius 1 is 1.44 bits per heavy atom. The molecule has 94 valence electrons. The summed E-state index contributed by atoms with van der Waals surface area (Å²) in [6, 6.07) is 0. The highest BCUT2D eigenvalue weighted by Crippen LogP contribution is 2.10. The first-order valence-electron chi connectivity index (χ1n) is 5.76. The number of ether oxygens (including phenoxy) is 2. The van der Waals surface area contributed by atoms with Gasteiger partial charge in [0.2, 0.25) is 5.91 Å². The topological polar surface area (TPSA) is 50.8 Å². The summed E-state index contributed by atoms with van der Waals surface area (Å²) in [6.07, 6.45) is 0.262. The van der Waals surface area contributed by atoms with Crippen LogP contribution in [-0.4, -0.2) is 62.9 Å². The number of hydrogen-bond donors (Lipinski definition) is 1. The van der Waals surface area contributed by atoms with Crippen molar-refractivity contribution in [3.05, 3.63) is 0 Å². The van der Waals surface area contributed by atoms with Gasteiger partial charge in [-0.25, -0.2) is 0 Å². The lowest BCUT2D eigenvalue weighted by Gasteiger charge is -2.35. The molecular weight excluding hydrogens is 208 g/mol. The van der Waals surface area contributed by atoms with Crippen molar-refractivity contribution in [2.24, 2.45) is 0 Å². The molecule has 5 nitrogen and oxygen atoms in total. The molecule has 0 aromatic heterocycles. The van der Waals surface area contributed by atoms with Crippen molar-refractivity contribution >= 4 is 5.91 Å². The third-order valence-corrected chi connectivity index (χ3v) is 2.53. The number of rotatable bonds is 5. The van der Waals surface area contributed by atoms with Crippen LogP contribution in [0.4, 0.5) is 0 Å². The van der Waals surface area contributed by atoms with Gasteiger partial charge < -0.3 is 19.7 Å². The summed E-state index contributed by atoms with van der Waals surface area (Å²) < 4.78 is 10.5. The molecule has 1 aliphatic heterocycles. The molecule has 0 saturated carbocycles. The van der Waals surface area contributed by atoms with Crippen molar-refractivity contribution in [1.29, 1.82) is 0 Å². The first kappa shape index (κ1) is 13.4. The van der Waals surface area contributed by atoms with Crippen LogP contribution in [0.2, 0.25) is 0 Å². The maximum absolute atomic E-state index is 11.8. The van der Waals surface area contributed by atoms with Crippen LogP contribution in [-0.2, 0) is 14.3 Å². The Bertz CT molecular complexity index is 213. The molecule has 1 heterocycles. The molecule has 1 amide bonds. The van der Waals surface area contributed by atoms with E-state index in [1.54, 1.807) is 7.11 Å². The molecule has 1 rings (SSSR count). The zero-order valence-corrected chi connectivity index (χ0v) is 10.4. The van der Waals surface area contributed by atoms with E-state index in [1.807, 2.05) is 18.7 Å². The van der Waals surface area contributed by atoms with Crippen LogP contribution >= 0.6 is 0 Å². The summed E-state index contributed by atoms with van der Waals surface area (Å²) in [5.74, 6) is 0.137. The average molecular weight is 230 g/mol. The Hall–Kier alpha value is -0.650. The Morgan fingerprint density at radius 3 is 2.62 bits per heavy atom. The molecule has 0 radical (unpaired) electrons. The number of nitrogens with one attached hydrogen (secondary N) is 1. The first-order valence-corrected chi connectivity index (χ1v) is 5.76. The van der Waals surface area contributed by atoms with E-state index in [2.05, 4.69) is 5.32 Å². The van der Waals surface area contributed by atoms with E-state index in [4.69, 9.17) is 9.47 Å². The van der Waals surface area contributed by atoms with Crippen molar-refractivity contribution in [2.45, 2.75) is 26.1 Å². The van der Waals surface area contributed by atoms with E-state index in [9.17, 15) is 4.79 Å². The van der Waals surface area contributed by atoms with Gasteiger partial charge in [0.05, 0.1) is 25.4 Å². The molecule has 1 saturated heterocycles. The molecule has 0 aromatic rings. The van der Waals surface area contributed by atoms with Gasteiger partial charge in [-0.15, -0.1) is 0 Å². The van der Waals surface area contributed by atoms with Gasteiger partial charge in [-0.05, 0) is 13.8 Å². The van der Waals surface area contributed by atoms with Crippen LogP contribution in [0.3, 0.4) is 0 Å². The van der Waals surface area contributed by atoms with Gasteiger partial charge >= 0.3 is 0 Å². The smallest absolute Gasteiger partial charge is 0.236 e. The number of carbonyl (C=O) groups excluding carboxylic acids is 1. The average Bonchev–Trinajstić information content (AvgIpc) is 2.22. The normalized spacial score (nSPS) is 25.8. The van der Waals surface area contributed by atoms with E-state index in [0.717, 1.165) is 0 Å². The second kappa shape index (κ2) is 6.83. The van der Waals surface area contributed by atoms with E-state index in [0.29, 0.717) is 32.8 Å². The van der Waals surface area contributed by atoms with Crippen LogP contribution in [0.15, 0.2) is 0 Å². The fourth-order valence-electron chi connectivity index (χ4n) is 1.86. The highest BCUT2D eigenvalue weighted by Gasteiger charge is 2.25. The Morgan fingerprint density at radius 2 is 2.06 bits per heavy atom. The Labute approximate surface area is 97.1 Å². The molecule has 2 atom stereocenters. The van der Waals surface area contributed by atoms with Gasteiger partial charge in [-0.3, -0.25) is 4.79 Å². The third-order valence-electron chi connectivity index (χ3n) is 2.53. The van der Waals surface area contributed by atoms with Gasteiger partial charge in [-0.1, -0.05) is 0 Å². The zero-order chi connectivity index (χ0) is 12.0. The zero-order valence-electron chi connectivity index (χ0n) is 10.4. The molecule has 0 aliphatic carbocycles. The van der Waals surface area contributed by atoms with Crippen molar-refractivity contribution in [2.75, 3.05) is 39.9 Å². The largest absolute Gasteiger partial charge is 0.383 e. The lowest BCUT2D eigenvalue weighted by molar-refractivity contribution is -0.142. The summed E-state index contributed by atoms with van der Waals surface area (Å²) in [6.45, 7) is 7.08. The molecule has 5 heteroatoms. The minimum Gasteiger partial charge on any atom is -0.383 e. The fourth-order valence-corrected chi connectivity index (χ4v) is 1.86. The van der Waals surface area contributed by atoms with E-state index >= 15 is 0 Å². The standard InChI is InChI=1S/C11H22N2O3/c1-9-7-13(8-10(2)16-9)11(14)6-12-4-5-15-3/h9-10,12H,4-8H2,1-3H3. The molecule has 2 unspecified atom stereocenters. The number of morpholine rings is 1. The van der Waals surface area contributed by atoms with Gasteiger partial charge in [0.25, 0.3) is 0 Å². The Kier molecular flexibility index (Phi) is 5.73. The predicted molar refractivity (Wildman–Crippen MR) is 61.3 cm³/mol. The molecule has 0 spiro atoms. The second-order valence-corrected chi connectivity index (χ2v) is 4.23. The third kappa shape index (κ3) is 4.47. The number of methoxy groups -OCH3 is 1. The number of carbonyl (C=O) groups is 1. The fraction of sp³-hybridized carbons (Fsp3) is 0.909. The summed E-state index contributed by atoms with van der Waals surface area (Å²) >= 11 is 0. The van der Waals surface area contributed by atoms with E-state index < -0.39 is 0 Å². The molecule has 1 aliphatic rings. The van der Waals surface area contributed by atoms with Crippen LogP contribution in [0, 0.1) is 0 Å². The number of hydrogen-bond acceptors (Lipinski definition) is 4. The van der Waals surface area contributed by atoms with Crippen LogP contribution in [0.5, 0.6) is 0 Å². The lowest BCUT2D eigenvalue weighted by atomic mass is 10.2. The minimum absolute atomic E-state index is 0.131. The SMILES string of the molecule is COCCNCC(=O)N1CC(C)OC(C)C1. The van der Waals surface area contributed by atoms with Gasteiger partial charge in [0.15, 0.2) is 0 Å². The molecule has 1 N–H and O–H groups in total. The van der Waals surface area contributed by atoms with Gasteiger partial charge in [0, 0.05) is 26.7 Å². The molecule has 0 aromatic carbocycles. The highest BCUT2D eigenvalue weighted by atomic mass is 16.5. The van der Waals surface area contributed by atoms with Crippen molar-refractivity contribution in [3.8, 4) is 0 Å². The molecular formula is C11H22N2O3. The van der Waals surface area contributed by atoms with Crippen LogP contribution in [0.25, 0.3) is 0 Å². The van der Waals surface area contributed by atoms with Gasteiger partial charge in [0.1, 0.15) is 0 Å². The molecule has 16 heavy (non-hydrogen) atoms. The van der Waals surface area contributed by atoms with Crippen molar-refractivity contribution in [1.82, 2.24) is 10.2 Å². The quantitative estimate of drug-likeness (QED) is 0.668. The number of amides is 1. The maximum Gasteiger partial charge on any atom is 0.236 e. The highest BCUT2D eigenvalue weighted by molar-refractivity contribution is 5.78. The summed E-state index contributed by atoms with van der Waals surface area (Å²) in [4.78, 5) is 13.7. The van der Waals surface area contributed by atoms with E-state index in [-0.39, 0.29) is 18.1 Å². The monoisotopic (exact) mass is 230 g/mol. The minimum atomic E-state index is 0.131. The molecule has 1 fully saturated rings. The lowest BCUT2D eigenvalue weighted by Crippen LogP contribution is -2.50. The number of nitrogens with zero attached hydrogens (tertiary/aromatic N) is 1. The Balaban J connectivity index is 2.24. The van der Waals surface area contributed by atoms with E-state index in [1.165, 1.54) is 0 Å². The summed E-state index contributed by atoms with van der Waals surface area (Å²) in [5.41, 5.74) is 0.